The van der Waals surface area contributed by atoms with Crippen LogP contribution in [0, 0.1) is 0 Å². The number of esters is 1. The Labute approximate surface area is 102 Å². The maximum absolute atomic E-state index is 11.1. The van der Waals surface area contributed by atoms with Crippen LogP contribution in [0.5, 0.6) is 0 Å². The van der Waals surface area contributed by atoms with E-state index in [-0.39, 0.29) is 4.62 Å². The molecule has 0 unspecified atom stereocenters. The molecule has 86 valence electrons. The number of carbonyl (C=O) groups is 1. The molecule has 5 heteroatoms. The summed E-state index contributed by atoms with van der Waals surface area (Å²) in [4.78, 5) is 16.1. The fourth-order valence-electron chi connectivity index (χ4n) is 0.966. The second kappa shape index (κ2) is 7.00. The predicted molar refractivity (Wildman–Crippen MR) is 64.2 cm³/mol. The van der Waals surface area contributed by atoms with Gasteiger partial charge in [0.15, 0.2) is 0 Å². The predicted octanol–water partition coefficient (Wildman–Crippen LogP) is 2.47. The van der Waals surface area contributed by atoms with Crippen LogP contribution in [0.4, 0.5) is 0 Å². The topological polar surface area (TPSA) is 47.9 Å². The van der Waals surface area contributed by atoms with E-state index in [0.717, 1.165) is 5.56 Å². The first-order valence-electron chi connectivity index (χ1n) is 4.80. The highest BCUT2D eigenvalue weighted by Crippen LogP contribution is 2.02. The van der Waals surface area contributed by atoms with Gasteiger partial charge in [-0.05, 0) is 28.4 Å². The summed E-state index contributed by atoms with van der Waals surface area (Å²) in [7, 11) is 0. The van der Waals surface area contributed by atoms with E-state index in [0.29, 0.717) is 13.2 Å². The van der Waals surface area contributed by atoms with E-state index in [9.17, 15) is 4.79 Å². The normalized spacial score (nSPS) is 11.0. The van der Waals surface area contributed by atoms with Crippen molar-refractivity contribution in [1.29, 1.82) is 0 Å². The van der Waals surface area contributed by atoms with Crippen molar-refractivity contribution >= 4 is 26.5 Å². The molecule has 0 saturated heterocycles. The Hall–Kier alpha value is -1.36. The second-order valence-electron chi connectivity index (χ2n) is 2.86. The van der Waals surface area contributed by atoms with Crippen LogP contribution in [0.3, 0.4) is 0 Å². The lowest BCUT2D eigenvalue weighted by Crippen LogP contribution is -2.11. The van der Waals surface area contributed by atoms with Crippen LogP contribution in [0.15, 0.2) is 35.5 Å². The Morgan fingerprint density at radius 3 is 2.69 bits per heavy atom. The van der Waals surface area contributed by atoms with E-state index < -0.39 is 5.97 Å². The molecule has 1 rings (SSSR count). The van der Waals surface area contributed by atoms with Crippen LogP contribution in [0.1, 0.15) is 12.5 Å². The lowest BCUT2D eigenvalue weighted by molar-refractivity contribution is -0.134. The fourth-order valence-corrected chi connectivity index (χ4v) is 1.18. The molecular formula is C11H12BrNO3. The van der Waals surface area contributed by atoms with Crippen molar-refractivity contribution in [2.75, 3.05) is 6.61 Å². The SMILES string of the molecule is CCOC(=O)/C(Br)=N/OCc1ccccc1. The summed E-state index contributed by atoms with van der Waals surface area (Å²) in [5.41, 5.74) is 0.982. The monoisotopic (exact) mass is 285 g/mol. The third-order valence-electron chi connectivity index (χ3n) is 1.66. The zero-order valence-corrected chi connectivity index (χ0v) is 10.4. The minimum Gasteiger partial charge on any atom is -0.461 e. The molecule has 0 aliphatic rings. The molecule has 0 atom stereocenters. The van der Waals surface area contributed by atoms with Gasteiger partial charge in [-0.3, -0.25) is 0 Å². The highest BCUT2D eigenvalue weighted by atomic mass is 79.9. The summed E-state index contributed by atoms with van der Waals surface area (Å²) in [6.45, 7) is 2.35. The van der Waals surface area contributed by atoms with Gasteiger partial charge in [0.25, 0.3) is 0 Å². The smallest absolute Gasteiger partial charge is 0.367 e. The van der Waals surface area contributed by atoms with Gasteiger partial charge in [0.05, 0.1) is 6.61 Å². The van der Waals surface area contributed by atoms with Gasteiger partial charge in [0.1, 0.15) is 6.61 Å². The zero-order valence-electron chi connectivity index (χ0n) is 8.85. The number of rotatable bonds is 5. The zero-order chi connectivity index (χ0) is 11.8. The minimum absolute atomic E-state index is 0.0327. The van der Waals surface area contributed by atoms with Gasteiger partial charge in [-0.25, -0.2) is 4.79 Å². The highest BCUT2D eigenvalue weighted by Gasteiger charge is 2.08. The van der Waals surface area contributed by atoms with Crippen molar-refractivity contribution in [1.82, 2.24) is 0 Å². The Bertz CT molecular complexity index is 365. The average Bonchev–Trinajstić information content (AvgIpc) is 2.30. The first-order valence-corrected chi connectivity index (χ1v) is 5.60. The van der Waals surface area contributed by atoms with E-state index in [4.69, 9.17) is 9.57 Å². The Kier molecular flexibility index (Phi) is 5.56. The van der Waals surface area contributed by atoms with Gasteiger partial charge in [0.2, 0.25) is 4.62 Å². The molecule has 0 amide bonds. The lowest BCUT2D eigenvalue weighted by atomic mass is 10.2. The number of nitrogens with zero attached hydrogens (tertiary/aromatic N) is 1. The van der Waals surface area contributed by atoms with Crippen molar-refractivity contribution in [3.05, 3.63) is 35.9 Å². The van der Waals surface area contributed by atoms with Crippen molar-refractivity contribution in [3.8, 4) is 0 Å². The van der Waals surface area contributed by atoms with E-state index in [2.05, 4.69) is 21.1 Å². The molecule has 0 fully saturated rings. The number of oxime groups is 1. The quantitative estimate of drug-likeness (QED) is 0.474. The van der Waals surface area contributed by atoms with E-state index >= 15 is 0 Å². The van der Waals surface area contributed by atoms with Crippen molar-refractivity contribution < 1.29 is 14.4 Å². The number of ether oxygens (including phenoxy) is 1. The van der Waals surface area contributed by atoms with Crippen molar-refractivity contribution in [2.45, 2.75) is 13.5 Å². The number of carbonyl (C=O) groups excluding carboxylic acids is 1. The summed E-state index contributed by atoms with van der Waals surface area (Å²) >= 11 is 2.97. The summed E-state index contributed by atoms with van der Waals surface area (Å²) < 4.78 is 4.74. The molecule has 0 N–H and O–H groups in total. The summed E-state index contributed by atoms with van der Waals surface area (Å²) in [5.74, 6) is -0.532. The molecule has 1 aromatic carbocycles. The molecule has 0 aromatic heterocycles. The summed E-state index contributed by atoms with van der Waals surface area (Å²) in [6, 6.07) is 9.55. The van der Waals surface area contributed by atoms with Gasteiger partial charge >= 0.3 is 5.97 Å². The molecule has 0 heterocycles. The molecule has 0 spiro atoms. The Morgan fingerprint density at radius 2 is 2.06 bits per heavy atom. The standard InChI is InChI=1S/C11H12BrNO3/c1-2-15-11(14)10(12)13-16-8-9-6-4-3-5-7-9/h3-7H,2,8H2,1H3/b13-10-. The maximum atomic E-state index is 11.1. The first-order chi connectivity index (χ1) is 7.74. The average molecular weight is 286 g/mol. The first kappa shape index (κ1) is 12.7. The van der Waals surface area contributed by atoms with Gasteiger partial charge in [-0.1, -0.05) is 35.5 Å². The van der Waals surface area contributed by atoms with Gasteiger partial charge in [-0.15, -0.1) is 0 Å². The number of benzene rings is 1. The highest BCUT2D eigenvalue weighted by molar-refractivity contribution is 9.19. The number of hydrogen-bond acceptors (Lipinski definition) is 4. The van der Waals surface area contributed by atoms with Gasteiger partial charge in [-0.2, -0.15) is 0 Å². The van der Waals surface area contributed by atoms with E-state index in [1.54, 1.807) is 6.92 Å². The van der Waals surface area contributed by atoms with Crippen molar-refractivity contribution in [2.24, 2.45) is 5.16 Å². The summed E-state index contributed by atoms with van der Waals surface area (Å²) in [5, 5.41) is 3.60. The van der Waals surface area contributed by atoms with Crippen LogP contribution in [-0.4, -0.2) is 17.2 Å². The molecule has 0 saturated carbocycles. The molecular weight excluding hydrogens is 274 g/mol. The van der Waals surface area contributed by atoms with Crippen LogP contribution in [-0.2, 0) is 21.0 Å². The number of halogens is 1. The van der Waals surface area contributed by atoms with E-state index in [1.807, 2.05) is 30.3 Å². The Balaban J connectivity index is 2.39. The largest absolute Gasteiger partial charge is 0.461 e. The molecule has 4 nitrogen and oxygen atoms in total. The third kappa shape index (κ3) is 4.44. The third-order valence-corrected chi connectivity index (χ3v) is 2.13. The van der Waals surface area contributed by atoms with Gasteiger partial charge < -0.3 is 9.57 Å². The molecule has 0 aliphatic heterocycles. The lowest BCUT2D eigenvalue weighted by Gasteiger charge is -2.01. The molecule has 0 radical (unpaired) electrons. The fraction of sp³-hybridized carbons (Fsp3) is 0.273. The molecule has 1 aromatic rings. The molecule has 0 bridgehead atoms. The second-order valence-corrected chi connectivity index (χ2v) is 3.61. The maximum Gasteiger partial charge on any atom is 0.367 e. The van der Waals surface area contributed by atoms with Crippen LogP contribution in [0.2, 0.25) is 0 Å². The van der Waals surface area contributed by atoms with Crippen LogP contribution < -0.4 is 0 Å². The van der Waals surface area contributed by atoms with Gasteiger partial charge in [0, 0.05) is 0 Å². The molecule has 0 aliphatic carbocycles. The Morgan fingerprint density at radius 1 is 1.38 bits per heavy atom. The summed E-state index contributed by atoms with van der Waals surface area (Å²) in [6.07, 6.45) is 0. The van der Waals surface area contributed by atoms with Crippen molar-refractivity contribution in [3.63, 3.8) is 0 Å². The van der Waals surface area contributed by atoms with Crippen LogP contribution in [0.25, 0.3) is 0 Å². The van der Waals surface area contributed by atoms with Crippen LogP contribution >= 0.6 is 15.9 Å². The molecule has 16 heavy (non-hydrogen) atoms. The van der Waals surface area contributed by atoms with E-state index in [1.165, 1.54) is 0 Å². The minimum atomic E-state index is -0.532. The number of hydrogen-bond donors (Lipinski definition) is 0.